The van der Waals surface area contributed by atoms with Gasteiger partial charge in [-0.1, -0.05) is 6.07 Å². The Morgan fingerprint density at radius 2 is 2.10 bits per heavy atom. The lowest BCUT2D eigenvalue weighted by atomic mass is 9.99. The third-order valence-electron chi connectivity index (χ3n) is 3.82. The number of hydrogen-bond donors (Lipinski definition) is 1. The van der Waals surface area contributed by atoms with Crippen LogP contribution < -0.4 is 5.32 Å². The van der Waals surface area contributed by atoms with Crippen LogP contribution in [0.1, 0.15) is 46.7 Å². The van der Waals surface area contributed by atoms with E-state index in [2.05, 4.69) is 24.4 Å². The van der Waals surface area contributed by atoms with Gasteiger partial charge in [0.2, 0.25) is 0 Å². The summed E-state index contributed by atoms with van der Waals surface area (Å²) in [5.74, 6) is 0. The van der Waals surface area contributed by atoms with Gasteiger partial charge in [0.25, 0.3) is 0 Å². The summed E-state index contributed by atoms with van der Waals surface area (Å²) in [6.45, 7) is 2.19. The number of fused-ring (bicyclic) bond motifs is 1. The highest BCUT2D eigenvalue weighted by Crippen LogP contribution is 2.34. The van der Waals surface area contributed by atoms with Crippen LogP contribution in [0.2, 0.25) is 0 Å². The van der Waals surface area contributed by atoms with E-state index in [0.29, 0.717) is 11.6 Å². The highest BCUT2D eigenvalue weighted by atomic mass is 32.1. The molecular formula is C17H18N2S. The summed E-state index contributed by atoms with van der Waals surface area (Å²) in [6.07, 6.45) is 5.15. The highest BCUT2D eigenvalue weighted by Gasteiger charge is 2.16. The molecule has 1 heterocycles. The summed E-state index contributed by atoms with van der Waals surface area (Å²) in [6, 6.07) is 12.5. The minimum Gasteiger partial charge on any atom is -0.378 e. The maximum atomic E-state index is 8.95. The van der Waals surface area contributed by atoms with Crippen LogP contribution in [-0.2, 0) is 12.8 Å². The first-order valence-electron chi connectivity index (χ1n) is 7.14. The normalized spacial score (nSPS) is 15.2. The van der Waals surface area contributed by atoms with Gasteiger partial charge in [-0.2, -0.15) is 5.26 Å². The molecule has 3 heteroatoms. The van der Waals surface area contributed by atoms with Crippen molar-refractivity contribution in [3.63, 3.8) is 0 Å². The maximum absolute atomic E-state index is 8.95. The number of rotatable bonds is 3. The molecule has 0 saturated heterocycles. The number of hydrogen-bond acceptors (Lipinski definition) is 3. The van der Waals surface area contributed by atoms with Gasteiger partial charge in [-0.25, -0.2) is 0 Å². The Morgan fingerprint density at radius 1 is 1.25 bits per heavy atom. The summed E-state index contributed by atoms with van der Waals surface area (Å²) >= 11 is 1.95. The van der Waals surface area contributed by atoms with Crippen molar-refractivity contribution in [2.45, 2.75) is 38.6 Å². The number of nitrogens with one attached hydrogen (secondary N) is 1. The molecule has 102 valence electrons. The standard InChI is InChI=1S/C17H18N2S/c1-12(19-15-7-4-5-13(9-15)11-18)17-10-14-6-2-3-8-16(14)20-17/h4-5,7,9-10,12,19H,2-3,6,8H2,1H3. The number of thiophene rings is 1. The predicted octanol–water partition coefficient (Wildman–Crippen LogP) is 4.67. The van der Waals surface area contributed by atoms with Crippen LogP contribution in [0.15, 0.2) is 30.3 Å². The monoisotopic (exact) mass is 282 g/mol. The van der Waals surface area contributed by atoms with E-state index >= 15 is 0 Å². The second-order valence-electron chi connectivity index (χ2n) is 5.36. The average molecular weight is 282 g/mol. The summed E-state index contributed by atoms with van der Waals surface area (Å²) < 4.78 is 0. The topological polar surface area (TPSA) is 35.8 Å². The van der Waals surface area contributed by atoms with Crippen molar-refractivity contribution in [3.05, 3.63) is 51.2 Å². The van der Waals surface area contributed by atoms with E-state index in [9.17, 15) is 0 Å². The molecule has 20 heavy (non-hydrogen) atoms. The second kappa shape index (κ2) is 5.68. The van der Waals surface area contributed by atoms with E-state index in [1.807, 2.05) is 35.6 Å². The van der Waals surface area contributed by atoms with Crippen molar-refractivity contribution in [2.24, 2.45) is 0 Å². The van der Waals surface area contributed by atoms with Crippen molar-refractivity contribution < 1.29 is 0 Å². The third kappa shape index (κ3) is 2.71. The van der Waals surface area contributed by atoms with E-state index in [4.69, 9.17) is 5.26 Å². The summed E-state index contributed by atoms with van der Waals surface area (Å²) in [7, 11) is 0. The van der Waals surface area contributed by atoms with Gasteiger partial charge in [0.15, 0.2) is 0 Å². The summed E-state index contributed by atoms with van der Waals surface area (Å²) in [5.41, 5.74) is 3.27. The molecule has 1 aliphatic rings. The summed E-state index contributed by atoms with van der Waals surface area (Å²) in [5, 5.41) is 12.4. The van der Waals surface area contributed by atoms with Crippen LogP contribution in [0.25, 0.3) is 0 Å². The SMILES string of the molecule is CC(Nc1cccc(C#N)c1)c1cc2c(s1)CCCC2. The Balaban J connectivity index is 1.77. The van der Waals surface area contributed by atoms with Crippen LogP contribution in [-0.4, -0.2) is 0 Å². The molecule has 1 atom stereocenters. The molecule has 0 amide bonds. The van der Waals surface area contributed by atoms with Crippen LogP contribution in [0, 0.1) is 11.3 Å². The van der Waals surface area contributed by atoms with Crippen molar-refractivity contribution >= 4 is 17.0 Å². The van der Waals surface area contributed by atoms with E-state index in [1.54, 1.807) is 10.4 Å². The highest BCUT2D eigenvalue weighted by molar-refractivity contribution is 7.12. The quantitative estimate of drug-likeness (QED) is 0.887. The molecule has 0 bridgehead atoms. The number of aryl methyl sites for hydroxylation is 2. The Labute approximate surface area is 124 Å². The zero-order chi connectivity index (χ0) is 13.9. The average Bonchev–Trinajstić information content (AvgIpc) is 2.91. The van der Waals surface area contributed by atoms with E-state index in [-0.39, 0.29) is 0 Å². The van der Waals surface area contributed by atoms with Crippen molar-refractivity contribution in [3.8, 4) is 6.07 Å². The molecule has 0 radical (unpaired) electrons. The van der Waals surface area contributed by atoms with Crippen LogP contribution in [0.4, 0.5) is 5.69 Å². The molecule has 1 N–H and O–H groups in total. The zero-order valence-corrected chi connectivity index (χ0v) is 12.5. The fourth-order valence-corrected chi connectivity index (χ4v) is 3.99. The van der Waals surface area contributed by atoms with Crippen molar-refractivity contribution in [1.29, 1.82) is 5.26 Å². The minimum absolute atomic E-state index is 0.291. The molecule has 0 aliphatic heterocycles. The van der Waals surface area contributed by atoms with Gasteiger partial charge in [0.05, 0.1) is 17.7 Å². The predicted molar refractivity (Wildman–Crippen MR) is 84.2 cm³/mol. The van der Waals surface area contributed by atoms with Crippen molar-refractivity contribution in [1.82, 2.24) is 0 Å². The lowest BCUT2D eigenvalue weighted by Crippen LogP contribution is -2.04. The lowest BCUT2D eigenvalue weighted by molar-refractivity contribution is 0.696. The smallest absolute Gasteiger partial charge is 0.0992 e. The molecule has 3 rings (SSSR count). The van der Waals surface area contributed by atoms with Gasteiger partial charge in [-0.15, -0.1) is 11.3 Å². The van der Waals surface area contributed by atoms with Crippen LogP contribution >= 0.6 is 11.3 Å². The van der Waals surface area contributed by atoms with E-state index in [1.165, 1.54) is 30.6 Å². The van der Waals surface area contributed by atoms with Gasteiger partial charge >= 0.3 is 0 Å². The molecule has 1 unspecified atom stereocenters. The lowest BCUT2D eigenvalue weighted by Gasteiger charge is -2.13. The van der Waals surface area contributed by atoms with E-state index in [0.717, 1.165) is 5.69 Å². The van der Waals surface area contributed by atoms with Crippen LogP contribution in [0.5, 0.6) is 0 Å². The van der Waals surface area contributed by atoms with Crippen molar-refractivity contribution in [2.75, 3.05) is 5.32 Å². The number of nitrogens with zero attached hydrogens (tertiary/aromatic N) is 1. The number of anilines is 1. The fraction of sp³-hybridized carbons (Fsp3) is 0.353. The molecule has 1 aromatic heterocycles. The number of benzene rings is 1. The molecule has 2 nitrogen and oxygen atoms in total. The first-order valence-corrected chi connectivity index (χ1v) is 7.96. The molecule has 0 spiro atoms. The first kappa shape index (κ1) is 13.2. The maximum Gasteiger partial charge on any atom is 0.0992 e. The Kier molecular flexibility index (Phi) is 3.75. The molecule has 1 aromatic carbocycles. The Hall–Kier alpha value is -1.79. The van der Waals surface area contributed by atoms with Gasteiger partial charge < -0.3 is 5.32 Å². The fourth-order valence-electron chi connectivity index (χ4n) is 2.73. The summed E-state index contributed by atoms with van der Waals surface area (Å²) in [4.78, 5) is 2.98. The Bertz CT molecular complexity index is 628. The third-order valence-corrected chi connectivity index (χ3v) is 5.24. The van der Waals surface area contributed by atoms with Gasteiger partial charge in [0.1, 0.15) is 0 Å². The van der Waals surface area contributed by atoms with E-state index < -0.39 is 0 Å². The number of nitriles is 1. The molecule has 0 saturated carbocycles. The molecule has 0 fully saturated rings. The largest absolute Gasteiger partial charge is 0.378 e. The zero-order valence-electron chi connectivity index (χ0n) is 11.6. The Morgan fingerprint density at radius 3 is 2.90 bits per heavy atom. The van der Waals surface area contributed by atoms with Crippen LogP contribution in [0.3, 0.4) is 0 Å². The molecule has 1 aliphatic carbocycles. The molecule has 2 aromatic rings. The van der Waals surface area contributed by atoms with Gasteiger partial charge in [0, 0.05) is 15.4 Å². The first-order chi connectivity index (χ1) is 9.76. The van der Waals surface area contributed by atoms with Gasteiger partial charge in [-0.05, 0) is 62.4 Å². The van der Waals surface area contributed by atoms with Gasteiger partial charge in [-0.3, -0.25) is 0 Å². The second-order valence-corrected chi connectivity index (χ2v) is 6.53. The molecular weight excluding hydrogens is 264 g/mol. The minimum atomic E-state index is 0.291.